The molecule has 0 aromatic heterocycles. The Balaban J connectivity index is 2.02. The van der Waals surface area contributed by atoms with Crippen molar-refractivity contribution < 1.29 is 13.2 Å². The van der Waals surface area contributed by atoms with Crippen LogP contribution in [0.15, 0.2) is 47.4 Å². The maximum Gasteiger partial charge on any atom is 0.175 e. The highest BCUT2D eigenvalue weighted by Crippen LogP contribution is 2.41. The monoisotopic (exact) mass is 394 g/mol. The van der Waals surface area contributed by atoms with E-state index in [0.29, 0.717) is 4.90 Å². The van der Waals surface area contributed by atoms with E-state index in [4.69, 9.17) is 4.74 Å². The zero-order chi connectivity index (χ0) is 16.6. The first-order chi connectivity index (χ1) is 10.9. The highest BCUT2D eigenvalue weighted by atomic mass is 79.9. The SMILES string of the molecule is COc1ccc2c(c1)CCC(c1ccc(S(C)(=O)=O)cc1)=[14C]2Br. The third-order valence-electron chi connectivity index (χ3n) is 4.09. The minimum absolute atomic E-state index is 0.346. The molecular formula is C18H17BrO3S. The number of allylic oxidation sites excluding steroid dienone is 1. The van der Waals surface area contributed by atoms with Crippen LogP contribution in [0.25, 0.3) is 10.1 Å². The molecule has 120 valence electrons. The van der Waals surface area contributed by atoms with Crippen molar-refractivity contribution in [2.24, 2.45) is 0 Å². The molecular weight excluding hydrogens is 378 g/mol. The molecule has 0 radical (unpaired) electrons. The quantitative estimate of drug-likeness (QED) is 0.778. The number of sulfone groups is 1. The summed E-state index contributed by atoms with van der Waals surface area (Å²) < 4.78 is 29.5. The van der Waals surface area contributed by atoms with Crippen molar-refractivity contribution >= 4 is 35.8 Å². The van der Waals surface area contributed by atoms with Gasteiger partial charge in [-0.15, -0.1) is 0 Å². The van der Waals surface area contributed by atoms with Gasteiger partial charge in [0.15, 0.2) is 9.84 Å². The molecule has 0 bridgehead atoms. The lowest BCUT2D eigenvalue weighted by molar-refractivity contribution is 0.414. The normalized spacial score (nSPS) is 14.6. The van der Waals surface area contributed by atoms with Gasteiger partial charge in [-0.05, 0) is 81.4 Å². The van der Waals surface area contributed by atoms with E-state index in [1.54, 1.807) is 19.2 Å². The van der Waals surface area contributed by atoms with E-state index in [9.17, 15) is 8.42 Å². The lowest BCUT2D eigenvalue weighted by Crippen LogP contribution is -2.03. The summed E-state index contributed by atoms with van der Waals surface area (Å²) in [5.74, 6) is 0.866. The van der Waals surface area contributed by atoms with Gasteiger partial charge < -0.3 is 4.74 Å². The molecule has 2 aromatic carbocycles. The molecule has 23 heavy (non-hydrogen) atoms. The van der Waals surface area contributed by atoms with E-state index in [1.807, 2.05) is 18.2 Å². The molecule has 0 amide bonds. The Bertz CT molecular complexity index is 881. The number of halogens is 1. The summed E-state index contributed by atoms with van der Waals surface area (Å²) in [5.41, 5.74) is 4.67. The minimum atomic E-state index is -3.16. The van der Waals surface area contributed by atoms with E-state index in [-0.39, 0.29) is 0 Å². The number of fused-ring (bicyclic) bond motifs is 1. The number of benzene rings is 2. The van der Waals surface area contributed by atoms with Gasteiger partial charge in [0, 0.05) is 10.7 Å². The van der Waals surface area contributed by atoms with Crippen LogP contribution in [0, 0.1) is 0 Å². The lowest BCUT2D eigenvalue weighted by Gasteiger charge is -2.21. The predicted octanol–water partition coefficient (Wildman–Crippen LogP) is 4.31. The van der Waals surface area contributed by atoms with Gasteiger partial charge in [0.1, 0.15) is 5.75 Å². The topological polar surface area (TPSA) is 43.4 Å². The first-order valence-corrected chi connectivity index (χ1v) is 9.95. The van der Waals surface area contributed by atoms with Crippen LogP contribution < -0.4 is 4.74 Å². The Morgan fingerprint density at radius 3 is 2.39 bits per heavy atom. The van der Waals surface area contributed by atoms with Crippen LogP contribution in [0.5, 0.6) is 5.75 Å². The second-order valence-electron chi connectivity index (χ2n) is 5.61. The number of hydrogen-bond donors (Lipinski definition) is 0. The van der Waals surface area contributed by atoms with E-state index in [1.165, 1.54) is 23.0 Å². The molecule has 2 aromatic rings. The maximum atomic E-state index is 11.6. The zero-order valence-corrected chi connectivity index (χ0v) is 15.4. The van der Waals surface area contributed by atoms with Crippen molar-refractivity contribution in [3.8, 4) is 5.75 Å². The van der Waals surface area contributed by atoms with Gasteiger partial charge in [0.05, 0.1) is 12.0 Å². The van der Waals surface area contributed by atoms with Crippen LogP contribution >= 0.6 is 15.9 Å². The van der Waals surface area contributed by atoms with Crippen molar-refractivity contribution in [2.75, 3.05) is 13.4 Å². The van der Waals surface area contributed by atoms with E-state index in [2.05, 4.69) is 28.1 Å². The van der Waals surface area contributed by atoms with Crippen LogP contribution in [-0.2, 0) is 16.3 Å². The second kappa shape index (κ2) is 6.13. The van der Waals surface area contributed by atoms with Crippen molar-refractivity contribution in [1.82, 2.24) is 0 Å². The number of methoxy groups -OCH3 is 1. The molecule has 0 aliphatic heterocycles. The van der Waals surface area contributed by atoms with Gasteiger partial charge in [-0.25, -0.2) is 8.42 Å². The van der Waals surface area contributed by atoms with E-state index < -0.39 is 9.84 Å². The van der Waals surface area contributed by atoms with Gasteiger partial charge in [-0.3, -0.25) is 0 Å². The first kappa shape index (κ1) is 16.3. The summed E-state index contributed by atoms with van der Waals surface area (Å²) in [7, 11) is -1.49. The number of aryl methyl sites for hydroxylation is 1. The molecule has 1 aliphatic carbocycles. The van der Waals surface area contributed by atoms with Gasteiger partial charge in [-0.1, -0.05) is 12.1 Å². The number of ether oxygens (including phenoxy) is 1. The maximum absolute atomic E-state index is 11.6. The molecule has 3 rings (SSSR count). The summed E-state index contributed by atoms with van der Waals surface area (Å²) in [5, 5.41) is 0. The second-order valence-corrected chi connectivity index (χ2v) is 8.42. The highest BCUT2D eigenvalue weighted by molar-refractivity contribution is 9.15. The highest BCUT2D eigenvalue weighted by Gasteiger charge is 2.19. The Hall–Kier alpha value is -1.59. The molecule has 0 N–H and O–H groups in total. The number of hydrogen-bond acceptors (Lipinski definition) is 3. The summed E-state index contributed by atoms with van der Waals surface area (Å²) in [4.78, 5) is 0.346. The standard InChI is InChI=1S/C18H17BrO3S/c1-22-14-6-10-17-13(11-14)5-9-16(18(17)19)12-3-7-15(8-4-12)23(2,20)21/h3-4,6-8,10-11H,5,9H2,1-2H3/i18+2. The van der Waals surface area contributed by atoms with Gasteiger partial charge >= 0.3 is 0 Å². The number of rotatable bonds is 3. The fraction of sp³-hybridized carbons (Fsp3) is 0.222. The molecule has 0 saturated carbocycles. The van der Waals surface area contributed by atoms with Crippen LogP contribution in [0.4, 0.5) is 0 Å². The van der Waals surface area contributed by atoms with Gasteiger partial charge in [0.2, 0.25) is 0 Å². The van der Waals surface area contributed by atoms with Crippen molar-refractivity contribution in [2.45, 2.75) is 17.7 Å². The summed E-state index contributed by atoms with van der Waals surface area (Å²) >= 11 is 3.72. The Kier molecular flexibility index (Phi) is 4.34. The molecule has 5 heteroatoms. The van der Waals surface area contributed by atoms with Crippen molar-refractivity contribution in [3.05, 3.63) is 59.2 Å². The van der Waals surface area contributed by atoms with Crippen molar-refractivity contribution in [1.29, 1.82) is 0 Å². The average molecular weight is 395 g/mol. The average Bonchev–Trinajstić information content (AvgIpc) is 2.54. The van der Waals surface area contributed by atoms with E-state index in [0.717, 1.165) is 28.6 Å². The fourth-order valence-corrected chi connectivity index (χ4v) is 4.27. The van der Waals surface area contributed by atoms with Crippen LogP contribution in [0.2, 0.25) is 0 Å². The predicted molar refractivity (Wildman–Crippen MR) is 96.6 cm³/mol. The Labute approximate surface area is 145 Å². The van der Waals surface area contributed by atoms with Gasteiger partial charge in [-0.2, -0.15) is 0 Å². The molecule has 0 heterocycles. The molecule has 1 aliphatic rings. The smallest absolute Gasteiger partial charge is 0.175 e. The third-order valence-corrected chi connectivity index (χ3v) is 6.12. The molecule has 3 nitrogen and oxygen atoms in total. The zero-order valence-electron chi connectivity index (χ0n) is 13.0. The summed E-state index contributed by atoms with van der Waals surface area (Å²) in [6.45, 7) is 0. The van der Waals surface area contributed by atoms with Crippen LogP contribution in [0.3, 0.4) is 0 Å². The van der Waals surface area contributed by atoms with Crippen LogP contribution in [-0.4, -0.2) is 21.8 Å². The summed E-state index contributed by atoms with van der Waals surface area (Å²) in [6, 6.07) is 13.2. The van der Waals surface area contributed by atoms with Crippen LogP contribution in [0.1, 0.15) is 23.1 Å². The summed E-state index contributed by atoms with van der Waals surface area (Å²) in [6.07, 6.45) is 3.06. The lowest BCUT2D eigenvalue weighted by atomic mass is 9.97. The minimum Gasteiger partial charge on any atom is -0.497 e. The molecule has 0 saturated heterocycles. The van der Waals surface area contributed by atoms with Gasteiger partial charge in [0.25, 0.3) is 0 Å². The largest absolute Gasteiger partial charge is 0.497 e. The van der Waals surface area contributed by atoms with E-state index >= 15 is 0 Å². The molecule has 0 unspecified atom stereocenters. The Morgan fingerprint density at radius 1 is 1.09 bits per heavy atom. The molecule has 0 fully saturated rings. The fourth-order valence-electron chi connectivity index (χ4n) is 2.82. The molecule has 0 atom stereocenters. The molecule has 0 spiro atoms. The first-order valence-electron chi connectivity index (χ1n) is 7.26. The third kappa shape index (κ3) is 3.21. The Morgan fingerprint density at radius 2 is 1.78 bits per heavy atom. The van der Waals surface area contributed by atoms with Crippen molar-refractivity contribution in [3.63, 3.8) is 0 Å².